The van der Waals surface area contributed by atoms with Crippen molar-refractivity contribution in [1.29, 1.82) is 0 Å². The first-order valence-corrected chi connectivity index (χ1v) is 8.17. The highest BCUT2D eigenvalue weighted by molar-refractivity contribution is 14.0. The van der Waals surface area contributed by atoms with Crippen LogP contribution in [0.15, 0.2) is 23.3 Å². The van der Waals surface area contributed by atoms with E-state index in [4.69, 9.17) is 0 Å². The molecule has 26 heavy (non-hydrogen) atoms. The van der Waals surface area contributed by atoms with Crippen LogP contribution < -0.4 is 21.3 Å². The largest absolute Gasteiger partial charge is 0.356 e. The van der Waals surface area contributed by atoms with Crippen molar-refractivity contribution in [2.75, 3.05) is 25.5 Å². The van der Waals surface area contributed by atoms with Crippen LogP contribution in [-0.4, -0.2) is 48.4 Å². The van der Waals surface area contributed by atoms with E-state index in [1.165, 1.54) is 0 Å². The van der Waals surface area contributed by atoms with E-state index in [0.29, 0.717) is 18.3 Å². The van der Waals surface area contributed by atoms with E-state index in [1.807, 2.05) is 33.8 Å². The van der Waals surface area contributed by atoms with Gasteiger partial charge in [0.2, 0.25) is 11.8 Å². The van der Waals surface area contributed by atoms with E-state index in [-0.39, 0.29) is 54.3 Å². The second-order valence-electron chi connectivity index (χ2n) is 6.67. The zero-order valence-electron chi connectivity index (χ0n) is 16.0. The molecule has 0 atom stereocenters. The number of amides is 2. The number of aromatic nitrogens is 1. The smallest absolute Gasteiger partial charge is 0.239 e. The van der Waals surface area contributed by atoms with Gasteiger partial charge in [-0.3, -0.25) is 14.6 Å². The molecule has 0 aliphatic rings. The molecule has 2 amide bonds. The molecule has 0 aliphatic carbocycles. The molecule has 0 aliphatic heterocycles. The summed E-state index contributed by atoms with van der Waals surface area (Å²) in [6.07, 6.45) is 1.95. The highest BCUT2D eigenvalue weighted by Gasteiger charge is 2.13. The normalized spacial score (nSPS) is 11.2. The zero-order chi connectivity index (χ0) is 18.9. The minimum absolute atomic E-state index is 0. The number of hydrogen-bond donors (Lipinski definition) is 4. The number of halogens is 1. The molecule has 1 heterocycles. The molecule has 8 nitrogen and oxygen atoms in total. The summed E-state index contributed by atoms with van der Waals surface area (Å²) in [6, 6.07) is 3.64. The Hall–Kier alpha value is -1.91. The Bertz CT molecular complexity index is 611. The first-order valence-electron chi connectivity index (χ1n) is 8.17. The van der Waals surface area contributed by atoms with Crippen LogP contribution >= 0.6 is 24.0 Å². The van der Waals surface area contributed by atoms with Gasteiger partial charge in [0.25, 0.3) is 0 Å². The van der Waals surface area contributed by atoms with Crippen molar-refractivity contribution in [3.63, 3.8) is 0 Å². The number of nitrogens with one attached hydrogen (secondary N) is 4. The van der Waals surface area contributed by atoms with Crippen LogP contribution in [0.4, 0.5) is 5.82 Å². The lowest BCUT2D eigenvalue weighted by molar-refractivity contribution is -0.121. The van der Waals surface area contributed by atoms with Gasteiger partial charge >= 0.3 is 0 Å². The third kappa shape index (κ3) is 10.9. The average Bonchev–Trinajstić information content (AvgIpc) is 2.51. The molecule has 0 spiro atoms. The number of pyridine rings is 1. The summed E-state index contributed by atoms with van der Waals surface area (Å²) in [5, 5.41) is 11.5. The van der Waals surface area contributed by atoms with E-state index in [0.717, 1.165) is 5.56 Å². The van der Waals surface area contributed by atoms with Crippen molar-refractivity contribution in [2.24, 2.45) is 4.99 Å². The molecule has 1 aromatic rings. The predicted molar refractivity (Wildman–Crippen MR) is 115 cm³/mol. The van der Waals surface area contributed by atoms with Gasteiger partial charge in [0.15, 0.2) is 5.96 Å². The lowest BCUT2D eigenvalue weighted by atomic mass is 10.1. The number of aliphatic imine (C=N–C) groups is 1. The summed E-state index contributed by atoms with van der Waals surface area (Å²) in [6.45, 7) is 8.18. The second-order valence-corrected chi connectivity index (χ2v) is 6.67. The zero-order valence-corrected chi connectivity index (χ0v) is 18.3. The summed E-state index contributed by atoms with van der Waals surface area (Å²) < 4.78 is 0. The van der Waals surface area contributed by atoms with Crippen LogP contribution in [0.2, 0.25) is 0 Å². The Morgan fingerprint density at radius 2 is 1.85 bits per heavy atom. The monoisotopic (exact) mass is 476 g/mol. The van der Waals surface area contributed by atoms with Gasteiger partial charge in [-0.2, -0.15) is 0 Å². The number of rotatable bonds is 6. The molecular weight excluding hydrogens is 447 g/mol. The molecule has 1 aromatic heterocycles. The van der Waals surface area contributed by atoms with E-state index < -0.39 is 0 Å². The minimum Gasteiger partial charge on any atom is -0.356 e. The van der Waals surface area contributed by atoms with Crippen molar-refractivity contribution < 1.29 is 9.59 Å². The average molecular weight is 476 g/mol. The Morgan fingerprint density at radius 1 is 1.15 bits per heavy atom. The van der Waals surface area contributed by atoms with Crippen molar-refractivity contribution in [3.05, 3.63) is 23.9 Å². The molecule has 4 N–H and O–H groups in total. The third-order valence-electron chi connectivity index (χ3n) is 2.98. The van der Waals surface area contributed by atoms with E-state index in [9.17, 15) is 9.59 Å². The van der Waals surface area contributed by atoms with Crippen LogP contribution in [-0.2, 0) is 9.59 Å². The summed E-state index contributed by atoms with van der Waals surface area (Å²) >= 11 is 0. The topological polar surface area (TPSA) is 108 Å². The number of nitrogens with zero attached hydrogens (tertiary/aromatic N) is 2. The van der Waals surface area contributed by atoms with Crippen LogP contribution in [0, 0.1) is 6.92 Å². The van der Waals surface area contributed by atoms with Gasteiger partial charge in [0.05, 0.1) is 6.54 Å². The fourth-order valence-electron chi connectivity index (χ4n) is 1.89. The fourth-order valence-corrected chi connectivity index (χ4v) is 1.89. The maximum atomic E-state index is 11.9. The number of guanidine groups is 1. The Labute approximate surface area is 172 Å². The first-order chi connectivity index (χ1) is 11.7. The second kappa shape index (κ2) is 11.7. The van der Waals surface area contributed by atoms with Crippen LogP contribution in [0.25, 0.3) is 0 Å². The Balaban J connectivity index is 0.00000625. The maximum Gasteiger partial charge on any atom is 0.239 e. The van der Waals surface area contributed by atoms with E-state index in [1.54, 1.807) is 19.3 Å². The first kappa shape index (κ1) is 24.1. The maximum absolute atomic E-state index is 11.9. The van der Waals surface area contributed by atoms with Crippen molar-refractivity contribution in [3.8, 4) is 0 Å². The lowest BCUT2D eigenvalue weighted by Crippen LogP contribution is -2.48. The molecule has 0 aromatic carbocycles. The standard InChI is InChI=1S/C17H28N6O2.HI/c1-12-6-7-13(20-10-12)22-14(24)8-9-19-16(18-5)21-11-15(25)23-17(2,3)4;/h6-7,10H,8-9,11H2,1-5H3,(H,23,25)(H2,18,19,21)(H,20,22,24);1H. The molecule has 0 saturated carbocycles. The Morgan fingerprint density at radius 3 is 2.38 bits per heavy atom. The molecule has 0 unspecified atom stereocenters. The van der Waals surface area contributed by atoms with Crippen molar-refractivity contribution in [1.82, 2.24) is 20.9 Å². The van der Waals surface area contributed by atoms with Gasteiger partial charge < -0.3 is 21.3 Å². The molecule has 1 rings (SSSR count). The molecule has 146 valence electrons. The molecule has 9 heteroatoms. The highest BCUT2D eigenvalue weighted by atomic mass is 127. The van der Waals surface area contributed by atoms with E-state index >= 15 is 0 Å². The van der Waals surface area contributed by atoms with Crippen LogP contribution in [0.5, 0.6) is 0 Å². The summed E-state index contributed by atoms with van der Waals surface area (Å²) in [7, 11) is 1.60. The fraction of sp³-hybridized carbons (Fsp3) is 0.529. The number of hydrogen-bond acceptors (Lipinski definition) is 4. The summed E-state index contributed by atoms with van der Waals surface area (Å²) in [5.74, 6) is 0.714. The molecule has 0 bridgehead atoms. The SMILES string of the molecule is CN=C(NCCC(=O)Nc1ccc(C)cn1)NCC(=O)NC(C)(C)C.I. The number of carbonyl (C=O) groups is 2. The molecular formula is C17H29IN6O2. The lowest BCUT2D eigenvalue weighted by Gasteiger charge is -2.21. The number of carbonyl (C=O) groups excluding carboxylic acids is 2. The molecule has 0 saturated heterocycles. The quantitative estimate of drug-likeness (QED) is 0.282. The highest BCUT2D eigenvalue weighted by Crippen LogP contribution is 2.03. The number of anilines is 1. The minimum atomic E-state index is -0.280. The summed E-state index contributed by atoms with van der Waals surface area (Å²) in [4.78, 5) is 31.8. The van der Waals surface area contributed by atoms with Gasteiger partial charge in [-0.15, -0.1) is 24.0 Å². The molecule has 0 radical (unpaired) electrons. The van der Waals surface area contributed by atoms with Crippen molar-refractivity contribution in [2.45, 2.75) is 39.7 Å². The number of aryl methyl sites for hydroxylation is 1. The van der Waals surface area contributed by atoms with Crippen LogP contribution in [0.3, 0.4) is 0 Å². The van der Waals surface area contributed by atoms with Gasteiger partial charge in [-0.25, -0.2) is 4.98 Å². The van der Waals surface area contributed by atoms with Gasteiger partial charge in [-0.05, 0) is 39.3 Å². The van der Waals surface area contributed by atoms with Gasteiger partial charge in [0.1, 0.15) is 5.82 Å². The van der Waals surface area contributed by atoms with Crippen molar-refractivity contribution >= 4 is 47.6 Å². The molecule has 0 fully saturated rings. The Kier molecular flexibility index (Phi) is 10.8. The third-order valence-corrected chi connectivity index (χ3v) is 2.98. The van der Waals surface area contributed by atoms with Crippen LogP contribution in [0.1, 0.15) is 32.8 Å². The summed E-state index contributed by atoms with van der Waals surface area (Å²) in [5.41, 5.74) is 0.752. The van der Waals surface area contributed by atoms with Gasteiger partial charge in [0, 0.05) is 31.7 Å². The van der Waals surface area contributed by atoms with E-state index in [2.05, 4.69) is 31.2 Å². The predicted octanol–water partition coefficient (Wildman–Crippen LogP) is 1.42. The van der Waals surface area contributed by atoms with Gasteiger partial charge in [-0.1, -0.05) is 6.07 Å².